The van der Waals surface area contributed by atoms with E-state index in [-0.39, 0.29) is 5.41 Å². The molecule has 1 aliphatic rings. The van der Waals surface area contributed by atoms with Gasteiger partial charge < -0.3 is 10.2 Å². The van der Waals surface area contributed by atoms with Crippen molar-refractivity contribution >= 4 is 28.8 Å². The van der Waals surface area contributed by atoms with Crippen LogP contribution in [0.5, 0.6) is 0 Å². The van der Waals surface area contributed by atoms with Gasteiger partial charge in [0.15, 0.2) is 0 Å². The van der Waals surface area contributed by atoms with Crippen LogP contribution in [0.25, 0.3) is 0 Å². The maximum Gasteiger partial charge on any atom is 0.137 e. The number of benzene rings is 1. The van der Waals surface area contributed by atoms with E-state index in [1.807, 2.05) is 6.07 Å². The van der Waals surface area contributed by atoms with Gasteiger partial charge in [0.2, 0.25) is 0 Å². The van der Waals surface area contributed by atoms with Crippen LogP contribution in [-0.2, 0) is 5.41 Å². The van der Waals surface area contributed by atoms with Gasteiger partial charge in [-0.2, -0.15) is 0 Å². The van der Waals surface area contributed by atoms with E-state index in [4.69, 9.17) is 11.6 Å². The Hall–Kier alpha value is -1.81. The second kappa shape index (κ2) is 6.98. The van der Waals surface area contributed by atoms with E-state index in [2.05, 4.69) is 59.2 Å². The van der Waals surface area contributed by atoms with Crippen LogP contribution in [0.15, 0.2) is 30.3 Å². The average Bonchev–Trinajstić information content (AvgIpc) is 2.55. The number of nitrogens with zero attached hydrogens (tertiary/aromatic N) is 3. The smallest absolute Gasteiger partial charge is 0.137 e. The molecule has 2 heterocycles. The first-order chi connectivity index (χ1) is 11.4. The summed E-state index contributed by atoms with van der Waals surface area (Å²) in [4.78, 5) is 11.5. The lowest BCUT2D eigenvalue weighted by molar-refractivity contribution is 0.546. The number of piperidine rings is 1. The monoisotopic (exact) mass is 344 g/mol. The van der Waals surface area contributed by atoms with Crippen molar-refractivity contribution in [2.45, 2.75) is 45.4 Å². The molecule has 0 radical (unpaired) electrons. The summed E-state index contributed by atoms with van der Waals surface area (Å²) in [5.41, 5.74) is 2.14. The summed E-state index contributed by atoms with van der Waals surface area (Å²) in [5.74, 6) is 1.48. The van der Waals surface area contributed by atoms with Crippen molar-refractivity contribution in [3.8, 4) is 0 Å². The van der Waals surface area contributed by atoms with Crippen molar-refractivity contribution in [2.75, 3.05) is 23.3 Å². The lowest BCUT2D eigenvalue weighted by Gasteiger charge is -2.30. The van der Waals surface area contributed by atoms with Gasteiger partial charge in [0, 0.05) is 24.6 Å². The molecule has 3 rings (SSSR count). The second-order valence-corrected chi connectivity index (χ2v) is 7.73. The van der Waals surface area contributed by atoms with E-state index in [9.17, 15) is 0 Å². The molecule has 1 N–H and O–H groups in total. The van der Waals surface area contributed by atoms with Crippen molar-refractivity contribution in [3.63, 3.8) is 0 Å². The molecule has 0 bridgehead atoms. The number of aromatic nitrogens is 2. The highest BCUT2D eigenvalue weighted by atomic mass is 35.5. The Morgan fingerprint density at radius 1 is 1.04 bits per heavy atom. The van der Waals surface area contributed by atoms with Gasteiger partial charge in [0.05, 0.1) is 11.4 Å². The van der Waals surface area contributed by atoms with Gasteiger partial charge in [-0.25, -0.2) is 9.97 Å². The first-order valence-corrected chi connectivity index (χ1v) is 8.97. The van der Waals surface area contributed by atoms with Crippen LogP contribution >= 0.6 is 11.6 Å². The van der Waals surface area contributed by atoms with Crippen LogP contribution in [0.4, 0.5) is 17.2 Å². The molecule has 4 nitrogen and oxygen atoms in total. The Bertz CT molecular complexity index is 703. The molecular weight excluding hydrogens is 320 g/mol. The molecule has 5 heteroatoms. The number of nitrogens with one attached hydrogen (secondary N) is 1. The molecule has 128 valence electrons. The van der Waals surface area contributed by atoms with Gasteiger partial charge in [-0.05, 0) is 31.4 Å². The fourth-order valence-corrected chi connectivity index (χ4v) is 3.13. The van der Waals surface area contributed by atoms with Crippen LogP contribution in [0.3, 0.4) is 0 Å². The molecule has 0 amide bonds. The first-order valence-electron chi connectivity index (χ1n) is 8.59. The third-order valence-electron chi connectivity index (χ3n) is 4.23. The van der Waals surface area contributed by atoms with Crippen molar-refractivity contribution in [2.24, 2.45) is 0 Å². The zero-order valence-corrected chi connectivity index (χ0v) is 15.4. The minimum Gasteiger partial charge on any atom is -0.370 e. The normalized spacial score (nSPS) is 15.4. The fraction of sp³-hybridized carbons (Fsp3) is 0.474. The zero-order valence-electron chi connectivity index (χ0n) is 14.6. The van der Waals surface area contributed by atoms with E-state index in [0.29, 0.717) is 5.15 Å². The minimum absolute atomic E-state index is 0.145. The molecular formula is C19H25ClN4. The molecule has 0 atom stereocenters. The maximum absolute atomic E-state index is 6.21. The molecule has 0 aliphatic carbocycles. The van der Waals surface area contributed by atoms with Gasteiger partial charge in [0.1, 0.15) is 16.8 Å². The summed E-state index contributed by atoms with van der Waals surface area (Å²) >= 11 is 6.21. The van der Waals surface area contributed by atoms with Gasteiger partial charge >= 0.3 is 0 Å². The van der Waals surface area contributed by atoms with E-state index in [1.54, 1.807) is 6.07 Å². The molecule has 0 unspecified atom stereocenters. The molecule has 1 aliphatic heterocycles. The molecule has 1 fully saturated rings. The van der Waals surface area contributed by atoms with E-state index < -0.39 is 0 Å². The zero-order chi connectivity index (χ0) is 17.2. The second-order valence-electron chi connectivity index (χ2n) is 7.34. The summed E-state index contributed by atoms with van der Waals surface area (Å²) in [6.07, 6.45) is 3.83. The molecule has 1 aromatic carbocycles. The quantitative estimate of drug-likeness (QED) is 0.780. The summed E-state index contributed by atoms with van der Waals surface area (Å²) < 4.78 is 0. The Kier molecular flexibility index (Phi) is 4.95. The Balaban J connectivity index is 1.90. The number of para-hydroxylation sites is 2. The van der Waals surface area contributed by atoms with Gasteiger partial charge in [-0.1, -0.05) is 44.5 Å². The van der Waals surface area contributed by atoms with Gasteiger partial charge in [0.25, 0.3) is 0 Å². The van der Waals surface area contributed by atoms with Crippen LogP contribution in [0, 0.1) is 0 Å². The molecule has 0 spiro atoms. The van der Waals surface area contributed by atoms with Crippen LogP contribution in [0.1, 0.15) is 45.9 Å². The predicted octanol–water partition coefficient (Wildman–Crippen LogP) is 5.16. The molecule has 1 saturated heterocycles. The predicted molar refractivity (Wildman–Crippen MR) is 102 cm³/mol. The van der Waals surface area contributed by atoms with Gasteiger partial charge in [-0.3, -0.25) is 0 Å². The van der Waals surface area contributed by atoms with E-state index in [0.717, 1.165) is 30.4 Å². The highest BCUT2D eigenvalue weighted by Gasteiger charge is 2.20. The minimum atomic E-state index is -0.145. The Morgan fingerprint density at radius 2 is 1.75 bits per heavy atom. The van der Waals surface area contributed by atoms with Crippen molar-refractivity contribution in [1.82, 2.24) is 9.97 Å². The third-order valence-corrected chi connectivity index (χ3v) is 4.42. The summed E-state index contributed by atoms with van der Waals surface area (Å²) in [5, 5.41) is 3.91. The number of hydrogen-bond acceptors (Lipinski definition) is 4. The average molecular weight is 345 g/mol. The highest BCUT2D eigenvalue weighted by molar-refractivity contribution is 6.29. The molecule has 1 aromatic heterocycles. The number of rotatable bonds is 3. The first kappa shape index (κ1) is 17.0. The Morgan fingerprint density at radius 3 is 2.46 bits per heavy atom. The van der Waals surface area contributed by atoms with Crippen molar-refractivity contribution in [3.05, 3.63) is 41.3 Å². The summed E-state index contributed by atoms with van der Waals surface area (Å²) in [6, 6.07) is 10.2. The van der Waals surface area contributed by atoms with Crippen molar-refractivity contribution < 1.29 is 0 Å². The molecule has 2 aromatic rings. The molecule has 0 saturated carbocycles. The summed E-state index contributed by atoms with van der Waals surface area (Å²) in [6.45, 7) is 8.48. The SMILES string of the molecule is CC(C)(C)c1nc(Cl)cc(Nc2ccccc2N2CCCCC2)n1. The van der Waals surface area contributed by atoms with E-state index in [1.165, 1.54) is 24.9 Å². The molecule has 24 heavy (non-hydrogen) atoms. The summed E-state index contributed by atoms with van der Waals surface area (Å²) in [7, 11) is 0. The fourth-order valence-electron chi connectivity index (χ4n) is 2.94. The lowest BCUT2D eigenvalue weighted by atomic mass is 9.96. The Labute approximate surface area is 149 Å². The van der Waals surface area contributed by atoms with Crippen LogP contribution < -0.4 is 10.2 Å². The number of anilines is 3. The van der Waals surface area contributed by atoms with Crippen LogP contribution in [-0.4, -0.2) is 23.1 Å². The highest BCUT2D eigenvalue weighted by Crippen LogP contribution is 2.31. The van der Waals surface area contributed by atoms with Crippen LogP contribution in [0.2, 0.25) is 5.15 Å². The van der Waals surface area contributed by atoms with Crippen molar-refractivity contribution in [1.29, 1.82) is 0 Å². The number of halogens is 1. The number of hydrogen-bond donors (Lipinski definition) is 1. The van der Waals surface area contributed by atoms with Gasteiger partial charge in [-0.15, -0.1) is 0 Å². The lowest BCUT2D eigenvalue weighted by Crippen LogP contribution is -2.29. The maximum atomic E-state index is 6.21. The third kappa shape index (κ3) is 3.99. The standard InChI is InChI=1S/C19H25ClN4/c1-19(2,3)18-22-16(20)13-17(23-18)21-14-9-5-6-10-15(14)24-11-7-4-8-12-24/h5-6,9-10,13H,4,7-8,11-12H2,1-3H3,(H,21,22,23). The largest absolute Gasteiger partial charge is 0.370 e. The topological polar surface area (TPSA) is 41.1 Å². The van der Waals surface area contributed by atoms with E-state index >= 15 is 0 Å².